The van der Waals surface area contributed by atoms with Crippen LogP contribution in [-0.2, 0) is 18.3 Å². The van der Waals surface area contributed by atoms with Crippen molar-refractivity contribution in [2.24, 2.45) is 7.05 Å². The lowest BCUT2D eigenvalue weighted by atomic mass is 10.2. The average molecular weight is 367 g/mol. The molecule has 26 heavy (non-hydrogen) atoms. The first-order valence-corrected chi connectivity index (χ1v) is 9.08. The maximum atomic E-state index is 12.3. The lowest BCUT2D eigenvalue weighted by Crippen LogP contribution is -2.30. The predicted molar refractivity (Wildman–Crippen MR) is 101 cm³/mol. The number of aliphatic hydroxyl groups excluding tert-OH is 1. The van der Waals surface area contributed by atoms with Crippen molar-refractivity contribution >= 4 is 17.1 Å². The van der Waals surface area contributed by atoms with Gasteiger partial charge in [0.15, 0.2) is 11.2 Å². The van der Waals surface area contributed by atoms with Crippen molar-refractivity contribution in [3.05, 3.63) is 20.8 Å². The third-order valence-electron chi connectivity index (χ3n) is 4.09. The molecule has 1 unspecified atom stereocenters. The van der Waals surface area contributed by atoms with Crippen LogP contribution in [0.4, 0.5) is 5.95 Å². The van der Waals surface area contributed by atoms with Gasteiger partial charge in [-0.2, -0.15) is 4.98 Å². The van der Waals surface area contributed by atoms with Gasteiger partial charge in [0.05, 0.1) is 25.4 Å². The van der Waals surface area contributed by atoms with E-state index in [1.54, 1.807) is 11.6 Å². The van der Waals surface area contributed by atoms with Crippen LogP contribution < -0.4 is 16.6 Å². The number of imidazole rings is 1. The number of anilines is 1. The summed E-state index contributed by atoms with van der Waals surface area (Å²) in [5.74, 6) is 0.464. The standard InChI is InChI=1S/C17H29N5O4/c1-5-6-7-8-18-16-19-14-13(15(24)20-17(25)21(14)4)22(16)9-12(23)10-26-11(2)3/h11-12,23H,5-10H2,1-4H3,(H,18,19)(H,20,24,25). The van der Waals surface area contributed by atoms with Crippen LogP contribution in [0.15, 0.2) is 9.59 Å². The highest BCUT2D eigenvalue weighted by molar-refractivity contribution is 5.74. The molecule has 2 aromatic heterocycles. The molecule has 0 radical (unpaired) electrons. The Morgan fingerprint density at radius 2 is 2.04 bits per heavy atom. The van der Waals surface area contributed by atoms with Crippen LogP contribution in [0.3, 0.4) is 0 Å². The van der Waals surface area contributed by atoms with Gasteiger partial charge in [-0.1, -0.05) is 19.8 Å². The molecular formula is C17H29N5O4. The Morgan fingerprint density at radius 3 is 2.69 bits per heavy atom. The van der Waals surface area contributed by atoms with Crippen LogP contribution in [0.25, 0.3) is 11.2 Å². The maximum Gasteiger partial charge on any atom is 0.329 e. The van der Waals surface area contributed by atoms with E-state index in [9.17, 15) is 14.7 Å². The van der Waals surface area contributed by atoms with Gasteiger partial charge in [0.25, 0.3) is 5.56 Å². The number of hydrogen-bond donors (Lipinski definition) is 3. The van der Waals surface area contributed by atoms with E-state index in [1.165, 1.54) is 4.57 Å². The number of ether oxygens (including phenoxy) is 1. The van der Waals surface area contributed by atoms with E-state index in [2.05, 4.69) is 22.2 Å². The fourth-order valence-corrected chi connectivity index (χ4v) is 2.69. The van der Waals surface area contributed by atoms with Crippen molar-refractivity contribution in [2.45, 2.75) is 58.8 Å². The van der Waals surface area contributed by atoms with Crippen LogP contribution in [0, 0.1) is 0 Å². The molecule has 0 aliphatic heterocycles. The molecule has 2 aromatic rings. The molecule has 2 heterocycles. The normalized spacial score (nSPS) is 12.8. The average Bonchev–Trinajstić information content (AvgIpc) is 2.94. The van der Waals surface area contributed by atoms with Crippen LogP contribution >= 0.6 is 0 Å². The third-order valence-corrected chi connectivity index (χ3v) is 4.09. The molecule has 0 amide bonds. The second-order valence-corrected chi connectivity index (χ2v) is 6.71. The summed E-state index contributed by atoms with van der Waals surface area (Å²) in [4.78, 5) is 30.9. The minimum absolute atomic E-state index is 0.0000416. The number of rotatable bonds is 10. The van der Waals surface area contributed by atoms with Crippen LogP contribution in [-0.4, -0.2) is 49.6 Å². The van der Waals surface area contributed by atoms with E-state index in [1.807, 2.05) is 13.8 Å². The number of unbranched alkanes of at least 4 members (excludes halogenated alkanes) is 2. The van der Waals surface area contributed by atoms with E-state index in [0.29, 0.717) is 12.5 Å². The number of hydrogen-bond acceptors (Lipinski definition) is 6. The molecule has 0 saturated carbocycles. The molecule has 0 bridgehead atoms. The van der Waals surface area contributed by atoms with Crippen molar-refractivity contribution in [1.29, 1.82) is 0 Å². The molecule has 9 heteroatoms. The maximum absolute atomic E-state index is 12.3. The Kier molecular flexibility index (Phi) is 6.98. The van der Waals surface area contributed by atoms with E-state index in [4.69, 9.17) is 4.74 Å². The fraction of sp³-hybridized carbons (Fsp3) is 0.706. The number of aromatic amines is 1. The Balaban J connectivity index is 2.37. The highest BCUT2D eigenvalue weighted by Gasteiger charge is 2.19. The monoisotopic (exact) mass is 367 g/mol. The predicted octanol–water partition coefficient (Wildman–Crippen LogP) is 0.811. The van der Waals surface area contributed by atoms with Crippen molar-refractivity contribution in [2.75, 3.05) is 18.5 Å². The molecule has 0 spiro atoms. The van der Waals surface area contributed by atoms with Gasteiger partial charge in [-0.15, -0.1) is 0 Å². The smallest absolute Gasteiger partial charge is 0.329 e. The van der Waals surface area contributed by atoms with Crippen molar-refractivity contribution in [3.8, 4) is 0 Å². The Hall–Kier alpha value is -2.13. The topological polar surface area (TPSA) is 114 Å². The van der Waals surface area contributed by atoms with Gasteiger partial charge in [0.1, 0.15) is 0 Å². The first kappa shape index (κ1) is 20.2. The summed E-state index contributed by atoms with van der Waals surface area (Å²) in [5.41, 5.74) is -0.495. The summed E-state index contributed by atoms with van der Waals surface area (Å²) in [5, 5.41) is 13.5. The van der Waals surface area contributed by atoms with Gasteiger partial charge in [-0.05, 0) is 20.3 Å². The SMILES string of the molecule is CCCCCNc1nc2c(c(=O)[nH]c(=O)n2C)n1CC(O)COC(C)C. The summed E-state index contributed by atoms with van der Waals surface area (Å²) in [6.07, 6.45) is 2.34. The number of aryl methyl sites for hydroxylation is 1. The molecule has 0 aliphatic rings. The lowest BCUT2D eigenvalue weighted by Gasteiger charge is -2.16. The zero-order chi connectivity index (χ0) is 19.3. The number of aromatic nitrogens is 4. The molecule has 0 aliphatic carbocycles. The van der Waals surface area contributed by atoms with Crippen molar-refractivity contribution in [3.63, 3.8) is 0 Å². The van der Waals surface area contributed by atoms with Crippen LogP contribution in [0.2, 0.25) is 0 Å². The van der Waals surface area contributed by atoms with Crippen LogP contribution in [0.1, 0.15) is 40.0 Å². The fourth-order valence-electron chi connectivity index (χ4n) is 2.69. The van der Waals surface area contributed by atoms with Crippen molar-refractivity contribution < 1.29 is 9.84 Å². The number of aliphatic hydroxyl groups is 1. The number of H-pyrrole nitrogens is 1. The molecule has 146 valence electrons. The molecule has 0 saturated heterocycles. The second-order valence-electron chi connectivity index (χ2n) is 6.71. The Labute approximate surface area is 152 Å². The number of nitrogens with zero attached hydrogens (tertiary/aromatic N) is 3. The Bertz CT molecular complexity index is 836. The van der Waals surface area contributed by atoms with Gasteiger partial charge >= 0.3 is 5.69 Å². The summed E-state index contributed by atoms with van der Waals surface area (Å²) in [6.45, 7) is 6.88. The van der Waals surface area contributed by atoms with Gasteiger partial charge in [0, 0.05) is 13.6 Å². The molecular weight excluding hydrogens is 338 g/mol. The Morgan fingerprint density at radius 1 is 1.31 bits per heavy atom. The molecule has 2 rings (SSSR count). The van der Waals surface area contributed by atoms with Gasteiger partial charge in [-0.3, -0.25) is 14.3 Å². The largest absolute Gasteiger partial charge is 0.389 e. The minimum Gasteiger partial charge on any atom is -0.389 e. The summed E-state index contributed by atoms with van der Waals surface area (Å²) in [6, 6.07) is 0. The second kappa shape index (κ2) is 9.00. The first-order valence-electron chi connectivity index (χ1n) is 9.08. The third kappa shape index (κ3) is 4.73. The molecule has 3 N–H and O–H groups in total. The van der Waals surface area contributed by atoms with Gasteiger partial charge in [-0.25, -0.2) is 4.79 Å². The first-order chi connectivity index (χ1) is 12.3. The highest BCUT2D eigenvalue weighted by atomic mass is 16.5. The zero-order valence-corrected chi connectivity index (χ0v) is 15.9. The minimum atomic E-state index is -0.803. The van der Waals surface area contributed by atoms with E-state index < -0.39 is 17.4 Å². The summed E-state index contributed by atoms with van der Waals surface area (Å²) >= 11 is 0. The van der Waals surface area contributed by atoms with E-state index >= 15 is 0 Å². The van der Waals surface area contributed by atoms with E-state index in [-0.39, 0.29) is 30.4 Å². The zero-order valence-electron chi connectivity index (χ0n) is 15.9. The highest BCUT2D eigenvalue weighted by Crippen LogP contribution is 2.16. The van der Waals surface area contributed by atoms with E-state index in [0.717, 1.165) is 19.3 Å². The lowest BCUT2D eigenvalue weighted by molar-refractivity contribution is -0.000106. The molecule has 9 nitrogen and oxygen atoms in total. The molecule has 0 aromatic carbocycles. The quantitative estimate of drug-likeness (QED) is 0.536. The number of fused-ring (bicyclic) bond motifs is 1. The summed E-state index contributed by atoms with van der Waals surface area (Å²) in [7, 11) is 1.55. The molecule has 0 fully saturated rings. The van der Waals surface area contributed by atoms with Crippen molar-refractivity contribution in [1.82, 2.24) is 19.1 Å². The van der Waals surface area contributed by atoms with Gasteiger partial charge < -0.3 is 19.7 Å². The summed E-state index contributed by atoms with van der Waals surface area (Å²) < 4.78 is 8.36. The molecule has 1 atom stereocenters. The number of nitrogens with one attached hydrogen (secondary N) is 2. The van der Waals surface area contributed by atoms with Gasteiger partial charge in [0.2, 0.25) is 5.95 Å². The van der Waals surface area contributed by atoms with Crippen LogP contribution in [0.5, 0.6) is 0 Å².